The van der Waals surface area contributed by atoms with E-state index in [0.29, 0.717) is 0 Å². The predicted molar refractivity (Wildman–Crippen MR) is 135 cm³/mol. The Bertz CT molecular complexity index is 1100. The molecule has 0 aliphatic heterocycles. The minimum absolute atomic E-state index is 0.925. The van der Waals surface area contributed by atoms with E-state index in [0.717, 1.165) is 42.6 Å². The molecule has 0 N–H and O–H groups in total. The van der Waals surface area contributed by atoms with Crippen LogP contribution in [0.25, 0.3) is 11.1 Å². The number of nitrogens with zero attached hydrogens (tertiary/aromatic N) is 2. The van der Waals surface area contributed by atoms with Gasteiger partial charge in [0.15, 0.2) is 0 Å². The summed E-state index contributed by atoms with van der Waals surface area (Å²) in [6.07, 6.45) is 3.75. The molecular weight excluding hydrogens is 500 g/mol. The summed E-state index contributed by atoms with van der Waals surface area (Å²) >= 11 is 6.96. The van der Waals surface area contributed by atoms with Gasteiger partial charge < -0.3 is 0 Å². The standard InChI is InChI=1S/C26H18Br2N2/c27-23-5-1-3-19(15-23)17-29-25-11-7-21(8-12-25)22-9-13-26(14-10-22)30-18-20-4-2-6-24(28)16-20/h1-18H. The van der Waals surface area contributed by atoms with Gasteiger partial charge in [0.2, 0.25) is 0 Å². The van der Waals surface area contributed by atoms with Crippen molar-refractivity contribution in [2.24, 2.45) is 9.98 Å². The zero-order valence-electron chi connectivity index (χ0n) is 16.0. The molecule has 0 saturated heterocycles. The Labute approximate surface area is 193 Å². The Balaban J connectivity index is 1.44. The van der Waals surface area contributed by atoms with E-state index in [1.54, 1.807) is 0 Å². The number of halogens is 2. The van der Waals surface area contributed by atoms with Crippen molar-refractivity contribution in [1.29, 1.82) is 0 Å². The molecule has 0 bridgehead atoms. The molecule has 4 rings (SSSR count). The maximum absolute atomic E-state index is 4.56. The molecule has 0 aliphatic rings. The van der Waals surface area contributed by atoms with Crippen molar-refractivity contribution in [3.05, 3.63) is 117 Å². The van der Waals surface area contributed by atoms with E-state index >= 15 is 0 Å². The highest BCUT2D eigenvalue weighted by Crippen LogP contribution is 2.25. The second-order valence-electron chi connectivity index (χ2n) is 6.72. The van der Waals surface area contributed by atoms with Gasteiger partial charge >= 0.3 is 0 Å². The number of benzene rings is 4. The summed E-state index contributed by atoms with van der Waals surface area (Å²) < 4.78 is 2.09. The van der Waals surface area contributed by atoms with Gasteiger partial charge in [-0.25, -0.2) is 0 Å². The molecule has 4 aromatic rings. The molecule has 0 spiro atoms. The minimum Gasteiger partial charge on any atom is -0.256 e. The maximum atomic E-state index is 4.56. The van der Waals surface area contributed by atoms with Gasteiger partial charge in [-0.05, 0) is 70.8 Å². The van der Waals surface area contributed by atoms with E-state index < -0.39 is 0 Å². The van der Waals surface area contributed by atoms with Crippen molar-refractivity contribution in [2.75, 3.05) is 0 Å². The van der Waals surface area contributed by atoms with Crippen molar-refractivity contribution in [1.82, 2.24) is 0 Å². The van der Waals surface area contributed by atoms with E-state index in [1.165, 1.54) is 0 Å². The molecule has 4 aromatic carbocycles. The third kappa shape index (κ3) is 5.62. The van der Waals surface area contributed by atoms with Crippen LogP contribution in [0.2, 0.25) is 0 Å². The molecule has 30 heavy (non-hydrogen) atoms. The Morgan fingerprint density at radius 1 is 0.500 bits per heavy atom. The fraction of sp³-hybridized carbons (Fsp3) is 0. The Morgan fingerprint density at radius 2 is 0.900 bits per heavy atom. The van der Waals surface area contributed by atoms with E-state index in [4.69, 9.17) is 0 Å². The Morgan fingerprint density at radius 3 is 1.27 bits per heavy atom. The van der Waals surface area contributed by atoms with Crippen LogP contribution in [0, 0.1) is 0 Å². The topological polar surface area (TPSA) is 24.7 Å². The Hall–Kier alpha value is -2.82. The summed E-state index contributed by atoms with van der Waals surface area (Å²) in [6, 6.07) is 32.6. The highest BCUT2D eigenvalue weighted by molar-refractivity contribution is 9.10. The first kappa shape index (κ1) is 20.5. The normalized spacial score (nSPS) is 11.4. The van der Waals surface area contributed by atoms with Crippen molar-refractivity contribution < 1.29 is 0 Å². The van der Waals surface area contributed by atoms with Crippen LogP contribution >= 0.6 is 31.9 Å². The van der Waals surface area contributed by atoms with Crippen molar-refractivity contribution in [3.8, 4) is 11.1 Å². The van der Waals surface area contributed by atoms with Crippen molar-refractivity contribution >= 4 is 55.7 Å². The molecule has 0 saturated carbocycles. The monoisotopic (exact) mass is 516 g/mol. The molecule has 0 heterocycles. The maximum Gasteiger partial charge on any atom is 0.0630 e. The number of hydrogen-bond acceptors (Lipinski definition) is 2. The van der Waals surface area contributed by atoms with Gasteiger partial charge in [-0.2, -0.15) is 0 Å². The molecule has 0 aliphatic carbocycles. The fourth-order valence-electron chi connectivity index (χ4n) is 2.95. The van der Waals surface area contributed by atoms with Crippen LogP contribution in [0.4, 0.5) is 11.4 Å². The molecule has 0 atom stereocenters. The van der Waals surface area contributed by atoms with Gasteiger partial charge in [0.1, 0.15) is 0 Å². The largest absolute Gasteiger partial charge is 0.256 e. The molecule has 4 heteroatoms. The van der Waals surface area contributed by atoms with E-state index in [9.17, 15) is 0 Å². The zero-order chi connectivity index (χ0) is 20.8. The molecule has 0 fully saturated rings. The summed E-state index contributed by atoms with van der Waals surface area (Å²) in [6.45, 7) is 0. The molecule has 0 radical (unpaired) electrons. The van der Waals surface area contributed by atoms with Crippen LogP contribution < -0.4 is 0 Å². The van der Waals surface area contributed by atoms with Gasteiger partial charge in [-0.1, -0.05) is 80.4 Å². The van der Waals surface area contributed by atoms with Crippen LogP contribution in [0.5, 0.6) is 0 Å². The van der Waals surface area contributed by atoms with E-state index in [-0.39, 0.29) is 0 Å². The lowest BCUT2D eigenvalue weighted by Crippen LogP contribution is -1.81. The lowest BCUT2D eigenvalue weighted by atomic mass is 10.1. The van der Waals surface area contributed by atoms with Gasteiger partial charge in [-0.3, -0.25) is 9.98 Å². The third-order valence-electron chi connectivity index (χ3n) is 4.49. The SMILES string of the molecule is Brc1cccc(C=Nc2ccc(-c3ccc(N=Cc4cccc(Br)c4)cc3)cc2)c1. The number of aliphatic imine (C=N–C) groups is 2. The summed E-state index contributed by atoms with van der Waals surface area (Å²) in [7, 11) is 0. The highest BCUT2D eigenvalue weighted by Gasteiger charge is 1.99. The van der Waals surface area contributed by atoms with Gasteiger partial charge in [0, 0.05) is 21.4 Å². The molecule has 2 nitrogen and oxygen atoms in total. The summed E-state index contributed by atoms with van der Waals surface area (Å²) in [4.78, 5) is 9.11. The van der Waals surface area contributed by atoms with Crippen molar-refractivity contribution in [2.45, 2.75) is 0 Å². The van der Waals surface area contributed by atoms with Crippen molar-refractivity contribution in [3.63, 3.8) is 0 Å². The fourth-order valence-corrected chi connectivity index (χ4v) is 3.79. The second-order valence-corrected chi connectivity index (χ2v) is 8.55. The zero-order valence-corrected chi connectivity index (χ0v) is 19.2. The average molecular weight is 518 g/mol. The van der Waals surface area contributed by atoms with Crippen LogP contribution in [0.3, 0.4) is 0 Å². The molecule has 0 amide bonds. The van der Waals surface area contributed by atoms with Crippen LogP contribution in [-0.4, -0.2) is 12.4 Å². The first-order chi connectivity index (χ1) is 14.7. The first-order valence-electron chi connectivity index (χ1n) is 9.45. The number of hydrogen-bond donors (Lipinski definition) is 0. The lowest BCUT2D eigenvalue weighted by molar-refractivity contribution is 1.50. The van der Waals surface area contributed by atoms with Crippen LogP contribution in [0.1, 0.15) is 11.1 Å². The smallest absolute Gasteiger partial charge is 0.0630 e. The minimum atomic E-state index is 0.925. The predicted octanol–water partition coefficient (Wildman–Crippen LogP) is 8.38. The van der Waals surface area contributed by atoms with E-state index in [1.807, 2.05) is 85.2 Å². The summed E-state index contributed by atoms with van der Waals surface area (Å²) in [5.41, 5.74) is 6.28. The number of rotatable bonds is 5. The van der Waals surface area contributed by atoms with Gasteiger partial charge in [-0.15, -0.1) is 0 Å². The van der Waals surface area contributed by atoms with E-state index in [2.05, 4.69) is 66.1 Å². The molecule has 146 valence electrons. The summed E-state index contributed by atoms with van der Waals surface area (Å²) in [5, 5.41) is 0. The molecule has 0 aromatic heterocycles. The Kier molecular flexibility index (Phi) is 6.67. The van der Waals surface area contributed by atoms with Gasteiger partial charge in [0.25, 0.3) is 0 Å². The lowest BCUT2D eigenvalue weighted by Gasteiger charge is -2.03. The molecule has 0 unspecified atom stereocenters. The van der Waals surface area contributed by atoms with Crippen LogP contribution in [0.15, 0.2) is 116 Å². The van der Waals surface area contributed by atoms with Gasteiger partial charge in [0.05, 0.1) is 11.4 Å². The summed E-state index contributed by atoms with van der Waals surface area (Å²) in [5.74, 6) is 0. The third-order valence-corrected chi connectivity index (χ3v) is 5.48. The first-order valence-corrected chi connectivity index (χ1v) is 11.0. The second kappa shape index (κ2) is 9.79. The quantitative estimate of drug-likeness (QED) is 0.237. The average Bonchev–Trinajstić information content (AvgIpc) is 2.77. The van der Waals surface area contributed by atoms with Crippen LogP contribution in [-0.2, 0) is 0 Å². The highest BCUT2D eigenvalue weighted by atomic mass is 79.9. The molecular formula is C26H18Br2N2.